The Morgan fingerprint density at radius 1 is 1.16 bits per heavy atom. The lowest BCUT2D eigenvalue weighted by Crippen LogP contribution is -2.45. The third-order valence-electron chi connectivity index (χ3n) is 3.05. The zero-order valence-corrected chi connectivity index (χ0v) is 11.7. The summed E-state index contributed by atoms with van der Waals surface area (Å²) in [6.07, 6.45) is 1.87. The highest BCUT2D eigenvalue weighted by Gasteiger charge is 2.37. The summed E-state index contributed by atoms with van der Waals surface area (Å²) in [7, 11) is 0. The molecule has 1 rings (SSSR count). The molecule has 0 aromatic carbocycles. The second-order valence-corrected chi connectivity index (χ2v) is 5.99. The van der Waals surface area contributed by atoms with Gasteiger partial charge in [-0.1, -0.05) is 20.8 Å². The Morgan fingerprint density at radius 3 is 2.11 bits per heavy atom. The van der Waals surface area contributed by atoms with Crippen LogP contribution in [-0.4, -0.2) is 36.0 Å². The Kier molecular flexibility index (Phi) is 4.91. The van der Waals surface area contributed by atoms with E-state index in [1.807, 2.05) is 0 Å². The van der Waals surface area contributed by atoms with Crippen molar-refractivity contribution in [3.8, 4) is 0 Å². The van der Waals surface area contributed by atoms with Crippen LogP contribution in [0.5, 0.6) is 0 Å². The van der Waals surface area contributed by atoms with Crippen LogP contribution < -0.4 is 10.6 Å². The molecule has 1 aliphatic carbocycles. The first-order valence-corrected chi connectivity index (χ1v) is 6.51. The second-order valence-electron chi connectivity index (χ2n) is 5.99. The highest BCUT2D eigenvalue weighted by Crippen LogP contribution is 2.28. The monoisotopic (exact) mass is 270 g/mol. The third-order valence-corrected chi connectivity index (χ3v) is 3.05. The number of hydrogen-bond acceptors (Lipinski definition) is 3. The molecule has 0 saturated heterocycles. The van der Waals surface area contributed by atoms with Gasteiger partial charge in [0, 0.05) is 19.0 Å². The van der Waals surface area contributed by atoms with Crippen molar-refractivity contribution in [1.82, 2.24) is 10.6 Å². The van der Waals surface area contributed by atoms with E-state index in [0.29, 0.717) is 6.54 Å². The molecule has 1 saturated carbocycles. The van der Waals surface area contributed by atoms with E-state index < -0.39 is 23.2 Å². The zero-order valence-electron chi connectivity index (χ0n) is 11.7. The number of nitrogens with one attached hydrogen (secondary N) is 2. The number of carboxylic acids is 1. The quantitative estimate of drug-likeness (QED) is 0.480. The van der Waals surface area contributed by atoms with E-state index in [1.54, 1.807) is 20.8 Å². The molecule has 3 N–H and O–H groups in total. The van der Waals surface area contributed by atoms with E-state index in [0.717, 1.165) is 12.8 Å². The van der Waals surface area contributed by atoms with Crippen molar-refractivity contribution in [2.75, 3.05) is 13.1 Å². The molecule has 1 aliphatic rings. The van der Waals surface area contributed by atoms with Crippen LogP contribution in [0.15, 0.2) is 0 Å². The SMILES string of the molecule is CC(C)(C)C(C(=O)O)C(=O)NCCNC(=O)C1CC1. The lowest BCUT2D eigenvalue weighted by atomic mass is 9.80. The maximum Gasteiger partial charge on any atom is 0.316 e. The summed E-state index contributed by atoms with van der Waals surface area (Å²) in [6, 6.07) is 0. The number of carboxylic acid groups (broad SMARTS) is 1. The average Bonchev–Trinajstić information content (AvgIpc) is 3.04. The van der Waals surface area contributed by atoms with E-state index >= 15 is 0 Å². The minimum absolute atomic E-state index is 0.0138. The summed E-state index contributed by atoms with van der Waals surface area (Å²) in [5.74, 6) is -2.59. The molecule has 0 aliphatic heterocycles. The smallest absolute Gasteiger partial charge is 0.316 e. The van der Waals surface area contributed by atoms with Crippen LogP contribution >= 0.6 is 0 Å². The van der Waals surface area contributed by atoms with Gasteiger partial charge in [-0.25, -0.2) is 0 Å². The van der Waals surface area contributed by atoms with Crippen molar-refractivity contribution < 1.29 is 19.5 Å². The molecule has 6 nitrogen and oxygen atoms in total. The normalized spacial score (nSPS) is 16.6. The van der Waals surface area contributed by atoms with Crippen LogP contribution in [0.3, 0.4) is 0 Å². The van der Waals surface area contributed by atoms with Gasteiger partial charge in [-0.15, -0.1) is 0 Å². The van der Waals surface area contributed by atoms with E-state index in [4.69, 9.17) is 5.11 Å². The molecular formula is C13H22N2O4. The van der Waals surface area contributed by atoms with Gasteiger partial charge in [0.25, 0.3) is 0 Å². The molecule has 1 fully saturated rings. The second kappa shape index (κ2) is 6.04. The van der Waals surface area contributed by atoms with Gasteiger partial charge in [0.2, 0.25) is 11.8 Å². The molecule has 0 aromatic heterocycles. The Hall–Kier alpha value is -1.59. The van der Waals surface area contributed by atoms with Gasteiger partial charge >= 0.3 is 5.97 Å². The Balaban J connectivity index is 2.32. The van der Waals surface area contributed by atoms with Crippen molar-refractivity contribution >= 4 is 17.8 Å². The van der Waals surface area contributed by atoms with Crippen LogP contribution in [0.25, 0.3) is 0 Å². The van der Waals surface area contributed by atoms with E-state index in [1.165, 1.54) is 0 Å². The fourth-order valence-electron chi connectivity index (χ4n) is 1.84. The molecule has 108 valence electrons. The molecule has 0 radical (unpaired) electrons. The van der Waals surface area contributed by atoms with Gasteiger partial charge in [0.1, 0.15) is 5.92 Å². The van der Waals surface area contributed by atoms with Crippen LogP contribution in [0.2, 0.25) is 0 Å². The highest BCUT2D eigenvalue weighted by molar-refractivity contribution is 5.97. The maximum absolute atomic E-state index is 11.8. The number of carbonyl (C=O) groups is 3. The molecular weight excluding hydrogens is 248 g/mol. The minimum atomic E-state index is -1.13. The molecule has 1 atom stereocenters. The first-order chi connectivity index (χ1) is 8.73. The molecule has 0 heterocycles. The Bertz CT molecular complexity index is 369. The summed E-state index contributed by atoms with van der Waals surface area (Å²) in [6.45, 7) is 5.70. The molecule has 0 aromatic rings. The Labute approximate surface area is 112 Å². The van der Waals surface area contributed by atoms with E-state index in [-0.39, 0.29) is 18.4 Å². The summed E-state index contributed by atoms with van der Waals surface area (Å²) in [4.78, 5) is 34.2. The molecule has 0 bridgehead atoms. The van der Waals surface area contributed by atoms with Crippen LogP contribution in [0.4, 0.5) is 0 Å². The van der Waals surface area contributed by atoms with E-state index in [9.17, 15) is 14.4 Å². The van der Waals surface area contributed by atoms with Crippen LogP contribution in [0, 0.1) is 17.3 Å². The van der Waals surface area contributed by atoms with Gasteiger partial charge in [0.15, 0.2) is 0 Å². The first kappa shape index (κ1) is 15.5. The lowest BCUT2D eigenvalue weighted by Gasteiger charge is -2.25. The number of carbonyl (C=O) groups excluding carboxylic acids is 2. The van der Waals surface area contributed by atoms with Crippen molar-refractivity contribution in [2.24, 2.45) is 17.3 Å². The van der Waals surface area contributed by atoms with Crippen molar-refractivity contribution in [1.29, 1.82) is 0 Å². The number of rotatable bonds is 6. The predicted octanol–water partition coefficient (Wildman–Crippen LogP) is 0.376. The fraction of sp³-hybridized carbons (Fsp3) is 0.769. The minimum Gasteiger partial charge on any atom is -0.481 e. The van der Waals surface area contributed by atoms with Gasteiger partial charge in [-0.3, -0.25) is 14.4 Å². The van der Waals surface area contributed by atoms with Gasteiger partial charge < -0.3 is 15.7 Å². The van der Waals surface area contributed by atoms with E-state index in [2.05, 4.69) is 10.6 Å². The summed E-state index contributed by atoms with van der Waals surface area (Å²) < 4.78 is 0. The Morgan fingerprint density at radius 2 is 1.68 bits per heavy atom. The van der Waals surface area contributed by atoms with Crippen molar-refractivity contribution in [3.63, 3.8) is 0 Å². The van der Waals surface area contributed by atoms with Gasteiger partial charge in [-0.2, -0.15) is 0 Å². The standard InChI is InChI=1S/C13H22N2O4/c1-13(2,3)9(12(18)19)11(17)15-7-6-14-10(16)8-4-5-8/h8-9H,4-7H2,1-3H3,(H,14,16)(H,15,17)(H,18,19). The van der Waals surface area contributed by atoms with Crippen LogP contribution in [0.1, 0.15) is 33.6 Å². The molecule has 1 unspecified atom stereocenters. The lowest BCUT2D eigenvalue weighted by molar-refractivity contribution is -0.151. The highest BCUT2D eigenvalue weighted by atomic mass is 16.4. The third kappa shape index (κ3) is 4.89. The maximum atomic E-state index is 11.8. The topological polar surface area (TPSA) is 95.5 Å². The van der Waals surface area contributed by atoms with Gasteiger partial charge in [-0.05, 0) is 18.3 Å². The van der Waals surface area contributed by atoms with Gasteiger partial charge in [0.05, 0.1) is 0 Å². The van der Waals surface area contributed by atoms with Crippen molar-refractivity contribution in [2.45, 2.75) is 33.6 Å². The molecule has 0 spiro atoms. The number of aliphatic carboxylic acids is 1. The fourth-order valence-corrected chi connectivity index (χ4v) is 1.84. The zero-order chi connectivity index (χ0) is 14.6. The largest absolute Gasteiger partial charge is 0.481 e. The van der Waals surface area contributed by atoms with Crippen LogP contribution in [-0.2, 0) is 14.4 Å². The number of amides is 2. The average molecular weight is 270 g/mol. The summed E-state index contributed by atoms with van der Waals surface area (Å²) in [5, 5.41) is 14.3. The molecule has 19 heavy (non-hydrogen) atoms. The summed E-state index contributed by atoms with van der Waals surface area (Å²) >= 11 is 0. The summed E-state index contributed by atoms with van der Waals surface area (Å²) in [5.41, 5.74) is -0.646. The predicted molar refractivity (Wildman–Crippen MR) is 69.3 cm³/mol. The first-order valence-electron chi connectivity index (χ1n) is 6.51. The molecule has 2 amide bonds. The van der Waals surface area contributed by atoms with Crippen molar-refractivity contribution in [3.05, 3.63) is 0 Å². The molecule has 6 heteroatoms. The number of hydrogen-bond donors (Lipinski definition) is 3.